The van der Waals surface area contributed by atoms with Crippen molar-refractivity contribution in [1.82, 2.24) is 5.32 Å². The Morgan fingerprint density at radius 2 is 2.00 bits per heavy atom. The summed E-state index contributed by atoms with van der Waals surface area (Å²) in [5.41, 5.74) is 0. The van der Waals surface area contributed by atoms with Gasteiger partial charge in [-0.05, 0) is 31.6 Å². The molecule has 4 heteroatoms. The predicted octanol–water partition coefficient (Wildman–Crippen LogP) is 1.26. The summed E-state index contributed by atoms with van der Waals surface area (Å²) in [6.07, 6.45) is 5.49. The van der Waals surface area contributed by atoms with Crippen molar-refractivity contribution in [2.24, 2.45) is 11.8 Å². The largest absolute Gasteiger partial charge is 0.481 e. The molecular weight excluding hydrogens is 206 g/mol. The van der Waals surface area contributed by atoms with Gasteiger partial charge in [-0.2, -0.15) is 0 Å². The van der Waals surface area contributed by atoms with E-state index in [4.69, 9.17) is 4.74 Å². The quantitative estimate of drug-likeness (QED) is 0.742. The van der Waals surface area contributed by atoms with Crippen LogP contribution in [0, 0.1) is 11.8 Å². The average Bonchev–Trinajstić information content (AvgIpc) is 2.22. The van der Waals surface area contributed by atoms with Crippen LogP contribution in [0.1, 0.15) is 32.1 Å². The standard InChI is InChI=1S/C12H21NO3/c14-12(15)11(8-13-10-2-1-3-10)9-4-6-16-7-5-9/h9-11,13H,1-8H2,(H,14,15). The van der Waals surface area contributed by atoms with Gasteiger partial charge in [-0.3, -0.25) is 4.79 Å². The molecule has 0 amide bonds. The summed E-state index contributed by atoms with van der Waals surface area (Å²) in [5.74, 6) is -0.595. The van der Waals surface area contributed by atoms with Gasteiger partial charge in [0.15, 0.2) is 0 Å². The van der Waals surface area contributed by atoms with Crippen molar-refractivity contribution in [3.8, 4) is 0 Å². The van der Waals surface area contributed by atoms with Gasteiger partial charge in [0.1, 0.15) is 0 Å². The third-order valence-corrected chi connectivity index (χ3v) is 3.88. The van der Waals surface area contributed by atoms with Crippen LogP contribution in [0.15, 0.2) is 0 Å². The number of carboxylic acids is 1. The van der Waals surface area contributed by atoms with Crippen molar-refractivity contribution in [2.45, 2.75) is 38.1 Å². The van der Waals surface area contributed by atoms with E-state index in [1.165, 1.54) is 19.3 Å². The molecule has 2 N–H and O–H groups in total. The van der Waals surface area contributed by atoms with E-state index in [9.17, 15) is 9.90 Å². The molecule has 1 unspecified atom stereocenters. The lowest BCUT2D eigenvalue weighted by molar-refractivity contribution is -0.144. The van der Waals surface area contributed by atoms with Crippen LogP contribution in [0.2, 0.25) is 0 Å². The molecule has 1 heterocycles. The fourth-order valence-corrected chi connectivity index (χ4v) is 2.48. The number of rotatable bonds is 5. The van der Waals surface area contributed by atoms with Gasteiger partial charge in [-0.15, -0.1) is 0 Å². The Morgan fingerprint density at radius 3 is 2.50 bits per heavy atom. The molecule has 0 spiro atoms. The monoisotopic (exact) mass is 227 g/mol. The highest BCUT2D eigenvalue weighted by Crippen LogP contribution is 2.25. The summed E-state index contributed by atoms with van der Waals surface area (Å²) in [6.45, 7) is 2.07. The van der Waals surface area contributed by atoms with Gasteiger partial charge in [0.25, 0.3) is 0 Å². The normalized spacial score (nSPS) is 25.0. The Kier molecular flexibility index (Phi) is 4.18. The first-order valence-electron chi connectivity index (χ1n) is 6.31. The molecule has 1 atom stereocenters. The lowest BCUT2D eigenvalue weighted by atomic mass is 9.85. The van der Waals surface area contributed by atoms with E-state index in [0.717, 1.165) is 26.1 Å². The smallest absolute Gasteiger partial charge is 0.308 e. The van der Waals surface area contributed by atoms with E-state index < -0.39 is 5.97 Å². The average molecular weight is 227 g/mol. The number of carboxylic acid groups (broad SMARTS) is 1. The summed E-state index contributed by atoms with van der Waals surface area (Å²) in [7, 11) is 0. The molecule has 0 radical (unpaired) electrons. The summed E-state index contributed by atoms with van der Waals surface area (Å²) < 4.78 is 5.27. The van der Waals surface area contributed by atoms with Crippen molar-refractivity contribution in [1.29, 1.82) is 0 Å². The van der Waals surface area contributed by atoms with E-state index in [0.29, 0.717) is 18.5 Å². The molecule has 2 rings (SSSR count). The summed E-state index contributed by atoms with van der Waals surface area (Å²) in [5, 5.41) is 12.6. The van der Waals surface area contributed by atoms with E-state index in [2.05, 4.69) is 5.32 Å². The van der Waals surface area contributed by atoms with E-state index >= 15 is 0 Å². The Labute approximate surface area is 96.4 Å². The van der Waals surface area contributed by atoms with Gasteiger partial charge in [-0.25, -0.2) is 0 Å². The molecule has 4 nitrogen and oxygen atoms in total. The zero-order valence-corrected chi connectivity index (χ0v) is 9.65. The zero-order chi connectivity index (χ0) is 11.4. The molecular formula is C12H21NO3. The first-order valence-corrected chi connectivity index (χ1v) is 6.31. The molecule has 2 fully saturated rings. The minimum atomic E-state index is -0.654. The maximum atomic E-state index is 11.2. The van der Waals surface area contributed by atoms with Crippen LogP contribution in [0.5, 0.6) is 0 Å². The van der Waals surface area contributed by atoms with Gasteiger partial charge in [0.05, 0.1) is 5.92 Å². The second-order valence-corrected chi connectivity index (χ2v) is 4.93. The predicted molar refractivity (Wildman–Crippen MR) is 60.3 cm³/mol. The van der Waals surface area contributed by atoms with Gasteiger partial charge in [0.2, 0.25) is 0 Å². The fraction of sp³-hybridized carbons (Fsp3) is 0.917. The molecule has 1 saturated carbocycles. The maximum Gasteiger partial charge on any atom is 0.308 e. The number of nitrogens with one attached hydrogen (secondary N) is 1. The highest BCUT2D eigenvalue weighted by molar-refractivity contribution is 5.70. The van der Waals surface area contributed by atoms with Crippen LogP contribution in [0.25, 0.3) is 0 Å². The summed E-state index contributed by atoms with van der Waals surface area (Å²) in [4.78, 5) is 11.2. The third kappa shape index (κ3) is 2.95. The number of carbonyl (C=O) groups is 1. The number of aliphatic carboxylic acids is 1. The Bertz CT molecular complexity index is 234. The highest BCUT2D eigenvalue weighted by Gasteiger charge is 2.30. The van der Waals surface area contributed by atoms with E-state index in [1.807, 2.05) is 0 Å². The van der Waals surface area contributed by atoms with Gasteiger partial charge >= 0.3 is 5.97 Å². The topological polar surface area (TPSA) is 58.6 Å². The molecule has 0 aromatic rings. The van der Waals surface area contributed by atoms with Crippen LogP contribution in [0.4, 0.5) is 0 Å². The highest BCUT2D eigenvalue weighted by atomic mass is 16.5. The van der Waals surface area contributed by atoms with Crippen LogP contribution in [-0.4, -0.2) is 36.9 Å². The Hall–Kier alpha value is -0.610. The SMILES string of the molecule is O=C(O)C(CNC1CCC1)C1CCOCC1. The maximum absolute atomic E-state index is 11.2. The number of hydrogen-bond acceptors (Lipinski definition) is 3. The van der Waals surface area contributed by atoms with Crippen LogP contribution in [-0.2, 0) is 9.53 Å². The molecule has 1 aliphatic carbocycles. The van der Waals surface area contributed by atoms with Crippen LogP contribution >= 0.6 is 0 Å². The van der Waals surface area contributed by atoms with Crippen molar-refractivity contribution < 1.29 is 14.6 Å². The van der Waals surface area contributed by atoms with Crippen LogP contribution < -0.4 is 5.32 Å². The minimum Gasteiger partial charge on any atom is -0.481 e. The minimum absolute atomic E-state index is 0.232. The molecule has 2 aliphatic rings. The Morgan fingerprint density at radius 1 is 1.31 bits per heavy atom. The molecule has 1 aliphatic heterocycles. The third-order valence-electron chi connectivity index (χ3n) is 3.88. The van der Waals surface area contributed by atoms with Crippen molar-refractivity contribution in [2.75, 3.05) is 19.8 Å². The first kappa shape index (κ1) is 11.9. The van der Waals surface area contributed by atoms with E-state index in [-0.39, 0.29) is 5.92 Å². The molecule has 0 bridgehead atoms. The molecule has 1 saturated heterocycles. The Balaban J connectivity index is 1.80. The van der Waals surface area contributed by atoms with Crippen molar-refractivity contribution >= 4 is 5.97 Å². The fourth-order valence-electron chi connectivity index (χ4n) is 2.48. The molecule has 0 aromatic heterocycles. The van der Waals surface area contributed by atoms with Gasteiger partial charge < -0.3 is 15.2 Å². The van der Waals surface area contributed by atoms with Gasteiger partial charge in [-0.1, -0.05) is 6.42 Å². The first-order chi connectivity index (χ1) is 7.77. The number of hydrogen-bond donors (Lipinski definition) is 2. The second kappa shape index (κ2) is 5.64. The zero-order valence-electron chi connectivity index (χ0n) is 9.65. The van der Waals surface area contributed by atoms with E-state index in [1.54, 1.807) is 0 Å². The lowest BCUT2D eigenvalue weighted by Gasteiger charge is -2.32. The lowest BCUT2D eigenvalue weighted by Crippen LogP contribution is -2.43. The van der Waals surface area contributed by atoms with Crippen molar-refractivity contribution in [3.63, 3.8) is 0 Å². The summed E-state index contributed by atoms with van der Waals surface area (Å²) in [6, 6.07) is 0.571. The number of ether oxygens (including phenoxy) is 1. The summed E-state index contributed by atoms with van der Waals surface area (Å²) >= 11 is 0. The molecule has 92 valence electrons. The second-order valence-electron chi connectivity index (χ2n) is 4.93. The molecule has 16 heavy (non-hydrogen) atoms. The van der Waals surface area contributed by atoms with Crippen LogP contribution in [0.3, 0.4) is 0 Å². The van der Waals surface area contributed by atoms with Crippen molar-refractivity contribution in [3.05, 3.63) is 0 Å². The molecule has 0 aromatic carbocycles. The van der Waals surface area contributed by atoms with Gasteiger partial charge in [0, 0.05) is 25.8 Å².